The van der Waals surface area contributed by atoms with Crippen LogP contribution in [0.1, 0.15) is 44.2 Å². The lowest BCUT2D eigenvalue weighted by molar-refractivity contribution is -0.157. The molecule has 24 heavy (non-hydrogen) atoms. The first-order valence-electron chi connectivity index (χ1n) is 7.18. The van der Waals surface area contributed by atoms with Crippen molar-refractivity contribution in [2.75, 3.05) is 0 Å². The number of ether oxygens (including phenoxy) is 1. The molecule has 1 aromatic carbocycles. The fraction of sp³-hybridized carbons (Fsp3) is 0.500. The molecule has 0 spiro atoms. The number of carbonyl (C=O) groups excluding carboxylic acids is 1. The zero-order valence-corrected chi connectivity index (χ0v) is 13.6. The Hall–Kier alpha value is -2.09. The lowest BCUT2D eigenvalue weighted by Gasteiger charge is -2.27. The molecule has 0 bridgehead atoms. The molecule has 0 aromatic heterocycles. The molecule has 1 rings (SSSR count). The Morgan fingerprint density at radius 2 is 1.67 bits per heavy atom. The molecule has 5 nitrogen and oxygen atoms in total. The van der Waals surface area contributed by atoms with Gasteiger partial charge in [0.1, 0.15) is 5.60 Å². The van der Waals surface area contributed by atoms with E-state index in [0.29, 0.717) is 0 Å². The van der Waals surface area contributed by atoms with Gasteiger partial charge in [-0.15, -0.1) is 0 Å². The number of alkyl halides is 3. The average Bonchev–Trinajstić information content (AvgIpc) is 2.35. The fourth-order valence-corrected chi connectivity index (χ4v) is 2.12. The maximum Gasteiger partial charge on any atom is 0.416 e. The van der Waals surface area contributed by atoms with Gasteiger partial charge in [-0.25, -0.2) is 0 Å². The molecule has 134 valence electrons. The van der Waals surface area contributed by atoms with Crippen molar-refractivity contribution >= 4 is 11.9 Å². The van der Waals surface area contributed by atoms with Gasteiger partial charge in [-0.05, 0) is 38.5 Å². The summed E-state index contributed by atoms with van der Waals surface area (Å²) >= 11 is 0. The molecule has 0 heterocycles. The molecule has 0 aliphatic rings. The molecule has 0 unspecified atom stereocenters. The summed E-state index contributed by atoms with van der Waals surface area (Å²) in [4.78, 5) is 23.2. The quantitative estimate of drug-likeness (QED) is 0.800. The molecule has 0 radical (unpaired) electrons. The second-order valence-corrected chi connectivity index (χ2v) is 6.39. The highest BCUT2D eigenvalue weighted by molar-refractivity contribution is 5.81. The topological polar surface area (TPSA) is 89.6 Å². The summed E-state index contributed by atoms with van der Waals surface area (Å²) in [5, 5.41) is 8.86. The molecule has 2 atom stereocenters. The van der Waals surface area contributed by atoms with Gasteiger partial charge in [0, 0.05) is 6.04 Å². The van der Waals surface area contributed by atoms with Crippen LogP contribution < -0.4 is 5.73 Å². The number of aliphatic carboxylic acids is 1. The van der Waals surface area contributed by atoms with Gasteiger partial charge in [-0.1, -0.05) is 12.1 Å². The van der Waals surface area contributed by atoms with E-state index >= 15 is 0 Å². The van der Waals surface area contributed by atoms with Crippen LogP contribution in [0.15, 0.2) is 24.3 Å². The van der Waals surface area contributed by atoms with Crippen LogP contribution in [0.3, 0.4) is 0 Å². The first kappa shape index (κ1) is 20.0. The average molecular weight is 347 g/mol. The Morgan fingerprint density at radius 1 is 1.17 bits per heavy atom. The molecule has 0 amide bonds. The summed E-state index contributed by atoms with van der Waals surface area (Å²) in [5.41, 5.74) is 4.25. The van der Waals surface area contributed by atoms with Crippen molar-refractivity contribution in [3.05, 3.63) is 35.4 Å². The lowest BCUT2D eigenvalue weighted by Crippen LogP contribution is -2.39. The van der Waals surface area contributed by atoms with Gasteiger partial charge in [0.2, 0.25) is 0 Å². The molecule has 0 saturated carbocycles. The maximum atomic E-state index is 12.6. The second-order valence-electron chi connectivity index (χ2n) is 6.39. The van der Waals surface area contributed by atoms with Crippen molar-refractivity contribution in [2.24, 2.45) is 5.73 Å². The number of hydrogen-bond donors (Lipinski definition) is 2. The Balaban J connectivity index is 3.17. The number of halogens is 3. The minimum Gasteiger partial charge on any atom is -0.481 e. The molecule has 0 fully saturated rings. The number of carboxylic acids is 1. The molecular weight excluding hydrogens is 327 g/mol. The largest absolute Gasteiger partial charge is 0.481 e. The van der Waals surface area contributed by atoms with Crippen LogP contribution in [0.4, 0.5) is 13.2 Å². The summed E-state index contributed by atoms with van der Waals surface area (Å²) in [7, 11) is 0. The van der Waals surface area contributed by atoms with E-state index in [4.69, 9.17) is 15.6 Å². The molecule has 0 aliphatic heterocycles. The monoisotopic (exact) mass is 347 g/mol. The highest BCUT2D eigenvalue weighted by atomic mass is 19.4. The van der Waals surface area contributed by atoms with E-state index in [2.05, 4.69) is 0 Å². The Bertz CT molecular complexity index is 591. The van der Waals surface area contributed by atoms with E-state index in [1.807, 2.05) is 0 Å². The van der Waals surface area contributed by atoms with E-state index < -0.39 is 47.7 Å². The van der Waals surface area contributed by atoms with Crippen LogP contribution in [0, 0.1) is 0 Å². The molecule has 0 aliphatic carbocycles. The third-order valence-electron chi connectivity index (χ3n) is 3.10. The van der Waals surface area contributed by atoms with E-state index in [9.17, 15) is 22.8 Å². The zero-order valence-electron chi connectivity index (χ0n) is 13.6. The van der Waals surface area contributed by atoms with E-state index in [0.717, 1.165) is 24.3 Å². The molecule has 3 N–H and O–H groups in total. The standard InChI is InChI=1S/C16H20F3NO4/c1-15(2,3)24-14(23)13(11(20)8-12(21)22)9-4-6-10(7-5-9)16(17,18)19/h4-7,11,13H,8,20H2,1-3H3,(H,21,22)/t11-,13-/m0/s1. The molecule has 1 aromatic rings. The summed E-state index contributed by atoms with van der Waals surface area (Å²) in [6.45, 7) is 4.87. The molecule has 0 saturated heterocycles. The van der Waals surface area contributed by atoms with Gasteiger partial charge < -0.3 is 15.6 Å². The minimum absolute atomic E-state index is 0.172. The van der Waals surface area contributed by atoms with Gasteiger partial charge in [-0.3, -0.25) is 9.59 Å². The number of esters is 1. The van der Waals surface area contributed by atoms with Crippen molar-refractivity contribution in [3.8, 4) is 0 Å². The molecule has 8 heteroatoms. The second kappa shape index (κ2) is 7.21. The highest BCUT2D eigenvalue weighted by Crippen LogP contribution is 2.31. The highest BCUT2D eigenvalue weighted by Gasteiger charge is 2.34. The predicted molar refractivity (Wildman–Crippen MR) is 80.3 cm³/mol. The summed E-state index contributed by atoms with van der Waals surface area (Å²) < 4.78 is 43.1. The SMILES string of the molecule is CC(C)(C)OC(=O)[C@@H](c1ccc(C(F)(F)F)cc1)[C@@H](N)CC(=O)O. The number of carbonyl (C=O) groups is 2. The van der Waals surface area contributed by atoms with Crippen LogP contribution in [-0.4, -0.2) is 28.7 Å². The van der Waals surface area contributed by atoms with E-state index in [-0.39, 0.29) is 5.56 Å². The first-order valence-corrected chi connectivity index (χ1v) is 7.18. The predicted octanol–water partition coefficient (Wildman–Crippen LogP) is 2.93. The Kier molecular flexibility index (Phi) is 5.99. The minimum atomic E-state index is -4.51. The van der Waals surface area contributed by atoms with Crippen LogP contribution in [0.5, 0.6) is 0 Å². The van der Waals surface area contributed by atoms with E-state index in [1.165, 1.54) is 0 Å². The Morgan fingerprint density at radius 3 is 2.04 bits per heavy atom. The first-order chi connectivity index (χ1) is 10.8. The number of hydrogen-bond acceptors (Lipinski definition) is 4. The van der Waals surface area contributed by atoms with Gasteiger partial charge in [0.05, 0.1) is 17.9 Å². The third-order valence-corrected chi connectivity index (χ3v) is 3.10. The van der Waals surface area contributed by atoms with Crippen LogP contribution in [0.25, 0.3) is 0 Å². The normalized spacial score (nSPS) is 14.8. The van der Waals surface area contributed by atoms with Crippen molar-refractivity contribution in [2.45, 2.75) is 50.9 Å². The van der Waals surface area contributed by atoms with Crippen LogP contribution >= 0.6 is 0 Å². The molecular formula is C16H20F3NO4. The van der Waals surface area contributed by atoms with Crippen molar-refractivity contribution in [3.63, 3.8) is 0 Å². The summed E-state index contributed by atoms with van der Waals surface area (Å²) in [6, 6.07) is 2.73. The van der Waals surface area contributed by atoms with Crippen molar-refractivity contribution in [1.82, 2.24) is 0 Å². The van der Waals surface area contributed by atoms with E-state index in [1.54, 1.807) is 20.8 Å². The fourth-order valence-electron chi connectivity index (χ4n) is 2.12. The van der Waals surface area contributed by atoms with Crippen molar-refractivity contribution in [1.29, 1.82) is 0 Å². The number of benzene rings is 1. The van der Waals surface area contributed by atoms with Crippen LogP contribution in [0.2, 0.25) is 0 Å². The Labute approximate surface area is 137 Å². The smallest absolute Gasteiger partial charge is 0.416 e. The maximum absolute atomic E-state index is 12.6. The van der Waals surface area contributed by atoms with Gasteiger partial charge in [0.15, 0.2) is 0 Å². The van der Waals surface area contributed by atoms with Gasteiger partial charge in [0.25, 0.3) is 0 Å². The third kappa shape index (κ3) is 5.84. The van der Waals surface area contributed by atoms with Crippen LogP contribution in [-0.2, 0) is 20.5 Å². The van der Waals surface area contributed by atoms with Gasteiger partial charge >= 0.3 is 18.1 Å². The summed E-state index contributed by atoms with van der Waals surface area (Å²) in [5.74, 6) is -3.18. The number of rotatable bonds is 5. The van der Waals surface area contributed by atoms with Gasteiger partial charge in [-0.2, -0.15) is 13.2 Å². The number of carboxylic acid groups (broad SMARTS) is 1. The number of nitrogens with two attached hydrogens (primary N) is 1. The van der Waals surface area contributed by atoms with Crippen molar-refractivity contribution < 1.29 is 32.6 Å². The summed E-state index contributed by atoms with van der Waals surface area (Å²) in [6.07, 6.45) is -5.03. The zero-order chi connectivity index (χ0) is 18.7. The lowest BCUT2D eigenvalue weighted by atomic mass is 9.89.